The van der Waals surface area contributed by atoms with E-state index in [4.69, 9.17) is 4.74 Å². The lowest BCUT2D eigenvalue weighted by Gasteiger charge is -2.20. The molecule has 0 amide bonds. The van der Waals surface area contributed by atoms with Crippen LogP contribution in [0.15, 0.2) is 18.2 Å². The molecule has 0 spiro atoms. The molecule has 1 atom stereocenters. The molecule has 1 aromatic rings. The SMILES string of the molecule is CCNC(CO)c1cc(C(C)C)ccc1OC. The summed E-state index contributed by atoms with van der Waals surface area (Å²) in [7, 11) is 1.66. The van der Waals surface area contributed by atoms with Crippen molar-refractivity contribution in [3.05, 3.63) is 29.3 Å². The van der Waals surface area contributed by atoms with Gasteiger partial charge < -0.3 is 15.2 Å². The highest BCUT2D eigenvalue weighted by Crippen LogP contribution is 2.28. The van der Waals surface area contributed by atoms with Gasteiger partial charge in [-0.1, -0.05) is 32.9 Å². The van der Waals surface area contributed by atoms with Crippen molar-refractivity contribution in [2.24, 2.45) is 0 Å². The molecule has 96 valence electrons. The fourth-order valence-electron chi connectivity index (χ4n) is 1.90. The van der Waals surface area contributed by atoms with Crippen molar-refractivity contribution in [1.82, 2.24) is 5.32 Å². The van der Waals surface area contributed by atoms with Crippen molar-refractivity contribution in [1.29, 1.82) is 0 Å². The van der Waals surface area contributed by atoms with E-state index in [1.165, 1.54) is 5.56 Å². The maximum atomic E-state index is 9.44. The zero-order valence-electron chi connectivity index (χ0n) is 11.2. The normalized spacial score (nSPS) is 12.8. The maximum Gasteiger partial charge on any atom is 0.123 e. The molecule has 0 bridgehead atoms. The number of hydrogen-bond donors (Lipinski definition) is 2. The third kappa shape index (κ3) is 3.45. The van der Waals surface area contributed by atoms with Gasteiger partial charge in [0, 0.05) is 5.56 Å². The Kier molecular flexibility index (Phi) is 5.45. The summed E-state index contributed by atoms with van der Waals surface area (Å²) < 4.78 is 5.36. The molecule has 3 nitrogen and oxygen atoms in total. The van der Waals surface area contributed by atoms with E-state index in [1.54, 1.807) is 7.11 Å². The Morgan fingerprint density at radius 3 is 2.53 bits per heavy atom. The van der Waals surface area contributed by atoms with E-state index >= 15 is 0 Å². The number of aliphatic hydroxyl groups excluding tert-OH is 1. The highest BCUT2D eigenvalue weighted by atomic mass is 16.5. The Morgan fingerprint density at radius 1 is 1.35 bits per heavy atom. The van der Waals surface area contributed by atoms with Gasteiger partial charge in [0.2, 0.25) is 0 Å². The molecular weight excluding hydrogens is 214 g/mol. The van der Waals surface area contributed by atoms with E-state index in [2.05, 4.69) is 31.3 Å². The Hall–Kier alpha value is -1.06. The quantitative estimate of drug-likeness (QED) is 0.798. The molecule has 0 saturated heterocycles. The van der Waals surface area contributed by atoms with Gasteiger partial charge in [-0.3, -0.25) is 0 Å². The smallest absolute Gasteiger partial charge is 0.123 e. The van der Waals surface area contributed by atoms with Gasteiger partial charge in [0.1, 0.15) is 5.75 Å². The summed E-state index contributed by atoms with van der Waals surface area (Å²) >= 11 is 0. The molecule has 2 N–H and O–H groups in total. The first-order chi connectivity index (χ1) is 8.13. The average Bonchev–Trinajstić information content (AvgIpc) is 2.35. The van der Waals surface area contributed by atoms with E-state index < -0.39 is 0 Å². The van der Waals surface area contributed by atoms with Crippen LogP contribution in [0.2, 0.25) is 0 Å². The molecule has 17 heavy (non-hydrogen) atoms. The van der Waals surface area contributed by atoms with Gasteiger partial charge in [-0.15, -0.1) is 0 Å². The lowest BCUT2D eigenvalue weighted by Crippen LogP contribution is -2.24. The number of ether oxygens (including phenoxy) is 1. The number of nitrogens with one attached hydrogen (secondary N) is 1. The van der Waals surface area contributed by atoms with Gasteiger partial charge in [0.25, 0.3) is 0 Å². The monoisotopic (exact) mass is 237 g/mol. The molecule has 0 aliphatic carbocycles. The lowest BCUT2D eigenvalue weighted by atomic mass is 9.97. The highest BCUT2D eigenvalue weighted by molar-refractivity contribution is 5.40. The van der Waals surface area contributed by atoms with Crippen LogP contribution < -0.4 is 10.1 Å². The number of methoxy groups -OCH3 is 1. The predicted molar refractivity (Wildman–Crippen MR) is 70.6 cm³/mol. The second kappa shape index (κ2) is 6.62. The average molecular weight is 237 g/mol. The molecule has 0 fully saturated rings. The number of rotatable bonds is 6. The first kappa shape index (κ1) is 14.0. The molecule has 0 aromatic heterocycles. The van der Waals surface area contributed by atoms with E-state index in [0.29, 0.717) is 5.92 Å². The van der Waals surface area contributed by atoms with Gasteiger partial charge in [-0.2, -0.15) is 0 Å². The second-order valence-corrected chi connectivity index (χ2v) is 4.45. The molecule has 1 aromatic carbocycles. The van der Waals surface area contributed by atoms with Crippen LogP contribution in [0, 0.1) is 0 Å². The lowest BCUT2D eigenvalue weighted by molar-refractivity contribution is 0.243. The van der Waals surface area contributed by atoms with E-state index in [1.807, 2.05) is 13.0 Å². The van der Waals surface area contributed by atoms with Crippen LogP contribution in [0.3, 0.4) is 0 Å². The fraction of sp³-hybridized carbons (Fsp3) is 0.571. The molecule has 1 rings (SSSR count). The Morgan fingerprint density at radius 2 is 2.06 bits per heavy atom. The molecule has 0 aliphatic rings. The van der Waals surface area contributed by atoms with Gasteiger partial charge in [-0.25, -0.2) is 0 Å². The zero-order valence-corrected chi connectivity index (χ0v) is 11.2. The van der Waals surface area contributed by atoms with Crippen LogP contribution in [0.25, 0.3) is 0 Å². The largest absolute Gasteiger partial charge is 0.496 e. The summed E-state index contributed by atoms with van der Waals surface area (Å²) in [6, 6.07) is 6.11. The van der Waals surface area contributed by atoms with Crippen molar-refractivity contribution in [2.45, 2.75) is 32.7 Å². The van der Waals surface area contributed by atoms with E-state index in [-0.39, 0.29) is 12.6 Å². The van der Waals surface area contributed by atoms with Gasteiger partial charge in [0.05, 0.1) is 19.8 Å². The van der Waals surface area contributed by atoms with E-state index in [0.717, 1.165) is 17.9 Å². The summed E-state index contributed by atoms with van der Waals surface area (Å²) in [4.78, 5) is 0. The fourth-order valence-corrected chi connectivity index (χ4v) is 1.90. The van der Waals surface area contributed by atoms with Crippen LogP contribution in [-0.2, 0) is 0 Å². The topological polar surface area (TPSA) is 41.5 Å². The van der Waals surface area contributed by atoms with Crippen LogP contribution >= 0.6 is 0 Å². The number of likely N-dealkylation sites (N-methyl/N-ethyl adjacent to an activating group) is 1. The summed E-state index contributed by atoms with van der Waals surface area (Å²) in [5, 5.41) is 12.7. The number of hydrogen-bond acceptors (Lipinski definition) is 3. The van der Waals surface area contributed by atoms with Gasteiger partial charge in [-0.05, 0) is 24.1 Å². The number of aliphatic hydroxyl groups is 1. The van der Waals surface area contributed by atoms with Crippen molar-refractivity contribution < 1.29 is 9.84 Å². The summed E-state index contributed by atoms with van der Waals surface area (Å²) in [5.74, 6) is 1.30. The van der Waals surface area contributed by atoms with Crippen LogP contribution in [0.5, 0.6) is 5.75 Å². The van der Waals surface area contributed by atoms with Crippen LogP contribution in [-0.4, -0.2) is 25.4 Å². The minimum absolute atomic E-state index is 0.0614. The van der Waals surface area contributed by atoms with Gasteiger partial charge in [0.15, 0.2) is 0 Å². The minimum Gasteiger partial charge on any atom is -0.496 e. The van der Waals surface area contributed by atoms with Crippen molar-refractivity contribution >= 4 is 0 Å². The molecular formula is C14H23NO2. The molecule has 0 radical (unpaired) electrons. The predicted octanol–water partition coefficient (Wildman–Crippen LogP) is 2.46. The third-order valence-electron chi connectivity index (χ3n) is 2.93. The molecule has 1 unspecified atom stereocenters. The highest BCUT2D eigenvalue weighted by Gasteiger charge is 2.15. The van der Waals surface area contributed by atoms with Gasteiger partial charge >= 0.3 is 0 Å². The molecule has 0 aliphatic heterocycles. The Bertz CT molecular complexity index is 350. The zero-order chi connectivity index (χ0) is 12.8. The van der Waals surface area contributed by atoms with E-state index in [9.17, 15) is 5.11 Å². The van der Waals surface area contributed by atoms with Crippen molar-refractivity contribution in [3.8, 4) is 5.75 Å². The van der Waals surface area contributed by atoms with Crippen LogP contribution in [0.4, 0.5) is 0 Å². The molecule has 3 heteroatoms. The second-order valence-electron chi connectivity index (χ2n) is 4.45. The standard InChI is InChI=1S/C14H23NO2/c1-5-15-13(9-16)12-8-11(10(2)3)6-7-14(12)17-4/h6-8,10,13,15-16H,5,9H2,1-4H3. The minimum atomic E-state index is -0.0614. The molecule has 0 saturated carbocycles. The molecule has 0 heterocycles. The first-order valence-electron chi connectivity index (χ1n) is 6.16. The third-order valence-corrected chi connectivity index (χ3v) is 2.93. The Balaban J connectivity index is 3.11. The summed E-state index contributed by atoms with van der Waals surface area (Å²) in [5.41, 5.74) is 2.29. The first-order valence-corrected chi connectivity index (χ1v) is 6.16. The number of benzene rings is 1. The maximum absolute atomic E-state index is 9.44. The van der Waals surface area contributed by atoms with Crippen LogP contribution in [0.1, 0.15) is 43.9 Å². The summed E-state index contributed by atoms with van der Waals surface area (Å²) in [6.45, 7) is 7.24. The van der Waals surface area contributed by atoms with Crippen molar-refractivity contribution in [3.63, 3.8) is 0 Å². The van der Waals surface area contributed by atoms with Crippen molar-refractivity contribution in [2.75, 3.05) is 20.3 Å². The summed E-state index contributed by atoms with van der Waals surface area (Å²) in [6.07, 6.45) is 0. The Labute approximate surface area is 104 Å².